The number of aryl methyl sites for hydroxylation is 2. The van der Waals surface area contributed by atoms with Crippen molar-refractivity contribution in [2.75, 3.05) is 13.2 Å². The van der Waals surface area contributed by atoms with E-state index in [9.17, 15) is 10.2 Å². The summed E-state index contributed by atoms with van der Waals surface area (Å²) in [4.78, 5) is 0. The van der Waals surface area contributed by atoms with Gasteiger partial charge < -0.3 is 28.8 Å². The first kappa shape index (κ1) is 45.7. The smallest absolute Gasteiger partial charge is 0.147 e. The molecule has 0 unspecified atom stereocenters. The van der Waals surface area contributed by atoms with Crippen molar-refractivity contribution in [2.45, 2.75) is 80.1 Å². The summed E-state index contributed by atoms with van der Waals surface area (Å²) in [7, 11) is 0. The van der Waals surface area contributed by atoms with Gasteiger partial charge in [-0.2, -0.15) is 0 Å². The zero-order valence-electron chi connectivity index (χ0n) is 39.7. The molecule has 0 amide bonds. The minimum Gasteiger partial charge on any atom is -0.505 e. The minimum atomic E-state index is -0.125. The molecule has 2 heterocycles. The van der Waals surface area contributed by atoms with Gasteiger partial charge in [0.05, 0.1) is 46.7 Å². The Morgan fingerprint density at radius 1 is 0.412 bits per heavy atom. The third-order valence-corrected chi connectivity index (χ3v) is 13.2. The lowest BCUT2D eigenvalue weighted by atomic mass is 9.85. The molecule has 2 aromatic heterocycles. The Balaban J connectivity index is 0.00000578. The van der Waals surface area contributed by atoms with Crippen molar-refractivity contribution in [3.8, 4) is 56.6 Å². The van der Waals surface area contributed by atoms with E-state index >= 15 is 0 Å². The summed E-state index contributed by atoms with van der Waals surface area (Å²) in [5.41, 5.74) is 12.7. The summed E-state index contributed by atoms with van der Waals surface area (Å²) in [6.45, 7) is 18.1. The molecule has 68 heavy (non-hydrogen) atoms. The van der Waals surface area contributed by atoms with E-state index in [-0.39, 0.29) is 29.8 Å². The topological polar surface area (TPSA) is 68.8 Å². The fourth-order valence-electron chi connectivity index (χ4n) is 9.72. The van der Waals surface area contributed by atoms with Crippen molar-refractivity contribution in [1.29, 1.82) is 0 Å². The maximum absolute atomic E-state index is 12.3. The van der Waals surface area contributed by atoms with Gasteiger partial charge in [0.1, 0.15) is 23.0 Å². The molecule has 8 aromatic carbocycles. The van der Waals surface area contributed by atoms with E-state index in [4.69, 9.17) is 9.47 Å². The Kier molecular flexibility index (Phi) is 11.9. The number of fused-ring (bicyclic) bond motifs is 6. The van der Waals surface area contributed by atoms with E-state index in [1.807, 2.05) is 36.4 Å². The third kappa shape index (κ3) is 8.12. The van der Waals surface area contributed by atoms with Crippen LogP contribution in [0.4, 0.5) is 0 Å². The van der Waals surface area contributed by atoms with Crippen LogP contribution in [0.3, 0.4) is 0 Å². The van der Waals surface area contributed by atoms with Crippen molar-refractivity contribution in [2.24, 2.45) is 0 Å². The molecule has 0 aliphatic rings. The number of phenolic OH excluding ortho intramolecular Hbond substituents is 2. The van der Waals surface area contributed by atoms with Crippen molar-refractivity contribution < 1.29 is 19.7 Å². The van der Waals surface area contributed by atoms with Crippen molar-refractivity contribution in [1.82, 2.24) is 9.13 Å². The van der Waals surface area contributed by atoms with Crippen LogP contribution < -0.4 is 9.47 Å². The third-order valence-electron chi connectivity index (χ3n) is 13.2. The largest absolute Gasteiger partial charge is 0.505 e. The van der Waals surface area contributed by atoms with E-state index in [0.29, 0.717) is 42.3 Å². The van der Waals surface area contributed by atoms with Gasteiger partial charge in [0.15, 0.2) is 0 Å². The highest BCUT2D eigenvalue weighted by Gasteiger charge is 2.24. The summed E-state index contributed by atoms with van der Waals surface area (Å²) in [5, 5.41) is 29.2. The van der Waals surface area contributed by atoms with Gasteiger partial charge in [0.25, 0.3) is 0 Å². The number of hydrogen-bond donors (Lipinski definition) is 2. The molecule has 0 radical (unpaired) electrons. The molecule has 6 heteroatoms. The van der Waals surface area contributed by atoms with E-state index in [1.165, 1.54) is 0 Å². The van der Waals surface area contributed by atoms with Gasteiger partial charge in [-0.25, -0.2) is 0 Å². The second kappa shape index (κ2) is 17.7. The molecule has 0 spiro atoms. The summed E-state index contributed by atoms with van der Waals surface area (Å²) >= 11 is 0. The zero-order valence-corrected chi connectivity index (χ0v) is 39.7. The van der Waals surface area contributed by atoms with Gasteiger partial charge in [-0.15, -0.1) is 0 Å². The lowest BCUT2D eigenvalue weighted by molar-refractivity contribution is 0.248. The number of aromatic hydroxyl groups is 2. The predicted molar refractivity (Wildman–Crippen MR) is 285 cm³/mol. The summed E-state index contributed by atoms with van der Waals surface area (Å²) in [6, 6.07) is 54.4. The molecule has 0 bridgehead atoms. The number of para-hydroxylation sites is 4. The summed E-state index contributed by atoms with van der Waals surface area (Å²) in [6.07, 6.45) is 0.594. The maximum Gasteiger partial charge on any atom is 0.147 e. The van der Waals surface area contributed by atoms with Gasteiger partial charge in [-0.3, -0.25) is 0 Å². The number of hydrogen-bond acceptors (Lipinski definition) is 4. The SMILES string of the molecule is C.Cc1cc(-c2ccc(C(C)(C)C)cc2OCCCOc2cc(C(C)(C)C)ccc2-c2cc(C)cc(-n3c4ccccc4c4ccccc43)c2O)c(O)c(-n2c3ccccc3c3ccccc32)c1. The molecular formula is C62H62N2O4. The van der Waals surface area contributed by atoms with Crippen LogP contribution in [0, 0.1) is 13.8 Å². The molecule has 10 aromatic rings. The molecule has 0 aliphatic carbocycles. The van der Waals surface area contributed by atoms with Crippen LogP contribution in [0.15, 0.2) is 158 Å². The van der Waals surface area contributed by atoms with Crippen LogP contribution in [-0.2, 0) is 10.8 Å². The minimum absolute atomic E-state index is 0. The summed E-state index contributed by atoms with van der Waals surface area (Å²) in [5.74, 6) is 1.81. The maximum atomic E-state index is 12.3. The first-order valence-corrected chi connectivity index (χ1v) is 23.4. The molecule has 344 valence electrons. The molecule has 0 saturated carbocycles. The Hall–Kier alpha value is -7.44. The zero-order chi connectivity index (χ0) is 46.8. The predicted octanol–water partition coefficient (Wildman–Crippen LogP) is 16.3. The van der Waals surface area contributed by atoms with E-state index in [2.05, 4.69) is 186 Å². The Morgan fingerprint density at radius 2 is 0.735 bits per heavy atom. The molecule has 0 fully saturated rings. The lowest BCUT2D eigenvalue weighted by Gasteiger charge is -2.23. The number of aromatic nitrogens is 2. The standard InChI is InChI=1S/C61H58N2O4.CH4/c1-38-32-48(58(64)54(34-38)62-50-22-13-9-18-42(50)43-19-10-14-23-51(43)62)46-28-26-40(60(3,4)5)36-56(46)66-30-17-31-67-57-37-41(61(6,7)8)27-29-47(57)49-33-39(2)35-55(59(49)65)63-52-24-15-11-20-44(52)45-21-12-16-25-53(45)63;/h9-16,18-29,32-37,64-65H,17,30-31H2,1-8H3;1H4. The number of rotatable bonds is 10. The van der Waals surface area contributed by atoms with Crippen LogP contribution in [0.25, 0.3) is 77.2 Å². The summed E-state index contributed by atoms with van der Waals surface area (Å²) < 4.78 is 17.8. The quantitative estimate of drug-likeness (QED) is 0.134. The van der Waals surface area contributed by atoms with Crippen LogP contribution in [0.2, 0.25) is 0 Å². The van der Waals surface area contributed by atoms with Crippen molar-refractivity contribution in [3.05, 3.63) is 180 Å². The van der Waals surface area contributed by atoms with E-state index < -0.39 is 0 Å². The van der Waals surface area contributed by atoms with Gasteiger partial charge >= 0.3 is 0 Å². The monoisotopic (exact) mass is 898 g/mol. The highest BCUT2D eigenvalue weighted by atomic mass is 16.5. The first-order valence-electron chi connectivity index (χ1n) is 23.4. The average molecular weight is 899 g/mol. The van der Waals surface area contributed by atoms with Gasteiger partial charge in [-0.1, -0.05) is 146 Å². The van der Waals surface area contributed by atoms with Crippen LogP contribution in [0.5, 0.6) is 23.0 Å². The highest BCUT2D eigenvalue weighted by Crippen LogP contribution is 2.46. The number of benzene rings is 8. The fraction of sp³-hybridized carbons (Fsp3) is 0.226. The number of phenols is 2. The second-order valence-corrected chi connectivity index (χ2v) is 20.1. The van der Waals surface area contributed by atoms with Crippen LogP contribution >= 0.6 is 0 Å². The van der Waals surface area contributed by atoms with Crippen LogP contribution in [-0.4, -0.2) is 32.6 Å². The van der Waals surface area contributed by atoms with E-state index in [1.54, 1.807) is 0 Å². The average Bonchev–Trinajstić information content (AvgIpc) is 3.82. The Bertz CT molecular complexity index is 3180. The van der Waals surface area contributed by atoms with Gasteiger partial charge in [0, 0.05) is 50.2 Å². The fourth-order valence-corrected chi connectivity index (χ4v) is 9.72. The normalized spacial score (nSPS) is 12.0. The second-order valence-electron chi connectivity index (χ2n) is 20.1. The van der Waals surface area contributed by atoms with Crippen molar-refractivity contribution in [3.63, 3.8) is 0 Å². The lowest BCUT2D eigenvalue weighted by Crippen LogP contribution is -2.13. The highest BCUT2D eigenvalue weighted by molar-refractivity contribution is 6.10. The van der Waals surface area contributed by atoms with E-state index in [0.717, 1.165) is 88.4 Å². The molecule has 6 nitrogen and oxygen atoms in total. The van der Waals surface area contributed by atoms with Crippen molar-refractivity contribution >= 4 is 43.6 Å². The van der Waals surface area contributed by atoms with Gasteiger partial charge in [0.2, 0.25) is 0 Å². The molecule has 0 saturated heterocycles. The van der Waals surface area contributed by atoms with Crippen LogP contribution in [0.1, 0.15) is 77.6 Å². The van der Waals surface area contributed by atoms with Gasteiger partial charge in [-0.05, 0) is 108 Å². The molecule has 0 aliphatic heterocycles. The molecule has 2 N–H and O–H groups in total. The molecular weight excluding hydrogens is 837 g/mol. The number of ether oxygens (including phenoxy) is 2. The molecule has 10 rings (SSSR count). The Morgan fingerprint density at radius 3 is 1.06 bits per heavy atom. The molecule has 0 atom stereocenters. The first-order chi connectivity index (χ1) is 32.2. The Labute approximate surface area is 400 Å². The number of nitrogens with zero attached hydrogens (tertiary/aromatic N) is 2.